The van der Waals surface area contributed by atoms with Crippen LogP contribution in [0.3, 0.4) is 0 Å². The van der Waals surface area contributed by atoms with Gasteiger partial charge >= 0.3 is 5.97 Å². The minimum absolute atomic E-state index is 0.155. The fourth-order valence-corrected chi connectivity index (χ4v) is 7.78. The number of aryl methyl sites for hydroxylation is 2. The molecule has 1 aromatic carbocycles. The molecule has 1 aliphatic carbocycles. The van der Waals surface area contributed by atoms with E-state index in [2.05, 4.69) is 20.9 Å². The topological polar surface area (TPSA) is 89.2 Å². The molecule has 0 saturated carbocycles. The van der Waals surface area contributed by atoms with Crippen molar-refractivity contribution in [2.45, 2.75) is 58.2 Å². The second-order valence-corrected chi connectivity index (χ2v) is 13.5. The van der Waals surface area contributed by atoms with Crippen LogP contribution in [0.25, 0.3) is 11.1 Å². The van der Waals surface area contributed by atoms with Gasteiger partial charge in [-0.05, 0) is 72.7 Å². The van der Waals surface area contributed by atoms with Crippen LogP contribution in [-0.2, 0) is 53.7 Å². The SMILES string of the molecule is C=C/C=C(\Cc1cc(-c2cc(F)cc(N3CCn4c(cc5c4CCCC5)C3=O)c2COC(C)=O)cn(C)c1=O)N1CCN(C2COC2)CC1. The van der Waals surface area contributed by atoms with Crippen molar-refractivity contribution in [3.63, 3.8) is 0 Å². The Hall–Kier alpha value is -4.48. The smallest absolute Gasteiger partial charge is 0.302 e. The molecule has 3 aromatic rings. The van der Waals surface area contributed by atoms with E-state index in [0.717, 1.165) is 70.8 Å². The van der Waals surface area contributed by atoms with Gasteiger partial charge in [0.2, 0.25) is 0 Å². The van der Waals surface area contributed by atoms with E-state index < -0.39 is 11.8 Å². The van der Waals surface area contributed by atoms with Gasteiger partial charge in [-0.1, -0.05) is 12.7 Å². The van der Waals surface area contributed by atoms with Crippen molar-refractivity contribution in [1.29, 1.82) is 0 Å². The quantitative estimate of drug-likeness (QED) is 0.249. The van der Waals surface area contributed by atoms with E-state index in [1.165, 1.54) is 34.9 Å². The van der Waals surface area contributed by atoms with Gasteiger partial charge in [0.25, 0.3) is 11.5 Å². The van der Waals surface area contributed by atoms with Crippen molar-refractivity contribution in [2.24, 2.45) is 7.05 Å². The average molecular weight is 670 g/mol. The maximum absolute atomic E-state index is 15.6. The summed E-state index contributed by atoms with van der Waals surface area (Å²) in [4.78, 5) is 46.0. The van der Waals surface area contributed by atoms with Crippen LogP contribution >= 0.6 is 0 Å². The Labute approximate surface area is 286 Å². The number of hydrogen-bond donors (Lipinski definition) is 0. The number of nitrogens with zero attached hydrogens (tertiary/aromatic N) is 5. The van der Waals surface area contributed by atoms with Crippen LogP contribution < -0.4 is 10.5 Å². The summed E-state index contributed by atoms with van der Waals surface area (Å²) in [7, 11) is 1.68. The van der Waals surface area contributed by atoms with Crippen molar-refractivity contribution < 1.29 is 23.5 Å². The number of halogens is 1. The monoisotopic (exact) mass is 669 g/mol. The molecule has 0 N–H and O–H groups in total. The summed E-state index contributed by atoms with van der Waals surface area (Å²) in [6, 6.07) is 7.01. The van der Waals surface area contributed by atoms with Gasteiger partial charge in [0.05, 0.1) is 24.9 Å². The fourth-order valence-electron chi connectivity index (χ4n) is 7.78. The van der Waals surface area contributed by atoms with Crippen LogP contribution in [0.1, 0.15) is 52.6 Å². The Bertz CT molecular complexity index is 1880. The maximum Gasteiger partial charge on any atom is 0.302 e. The highest BCUT2D eigenvalue weighted by atomic mass is 19.1. The molecule has 5 heterocycles. The van der Waals surface area contributed by atoms with Gasteiger partial charge < -0.3 is 28.4 Å². The molecule has 11 heteroatoms. The van der Waals surface area contributed by atoms with Gasteiger partial charge in [-0.15, -0.1) is 0 Å². The number of piperazine rings is 1. The molecule has 1 amide bonds. The molecule has 0 unspecified atom stereocenters. The first-order valence-corrected chi connectivity index (χ1v) is 17.3. The number of rotatable bonds is 9. The molecular formula is C38H44FN5O5. The molecule has 10 nitrogen and oxygen atoms in total. The summed E-state index contributed by atoms with van der Waals surface area (Å²) in [5, 5.41) is 0. The molecular weight excluding hydrogens is 625 g/mol. The Morgan fingerprint density at radius 2 is 1.82 bits per heavy atom. The zero-order valence-corrected chi connectivity index (χ0v) is 28.4. The van der Waals surface area contributed by atoms with Crippen molar-refractivity contribution >= 4 is 17.6 Å². The second-order valence-electron chi connectivity index (χ2n) is 13.5. The molecule has 49 heavy (non-hydrogen) atoms. The molecule has 7 rings (SSSR count). The second kappa shape index (κ2) is 13.8. The van der Waals surface area contributed by atoms with Crippen molar-refractivity contribution in [1.82, 2.24) is 18.9 Å². The van der Waals surface area contributed by atoms with E-state index >= 15 is 4.39 Å². The van der Waals surface area contributed by atoms with Gasteiger partial charge in [0.15, 0.2) is 0 Å². The van der Waals surface area contributed by atoms with Crippen LogP contribution in [0.4, 0.5) is 10.1 Å². The average Bonchev–Trinajstić information content (AvgIpc) is 3.45. The first-order chi connectivity index (χ1) is 23.7. The van der Waals surface area contributed by atoms with Crippen LogP contribution in [0.2, 0.25) is 0 Å². The normalized spacial score (nSPS) is 18.6. The number of carbonyl (C=O) groups is 2. The molecule has 258 valence electrons. The molecule has 2 fully saturated rings. The highest BCUT2D eigenvalue weighted by Gasteiger charge is 2.33. The number of pyridine rings is 1. The van der Waals surface area contributed by atoms with E-state index in [-0.39, 0.29) is 18.1 Å². The molecule has 3 aliphatic heterocycles. The van der Waals surface area contributed by atoms with Gasteiger partial charge in [-0.3, -0.25) is 19.3 Å². The lowest BCUT2D eigenvalue weighted by Gasteiger charge is -2.43. The highest BCUT2D eigenvalue weighted by Crippen LogP contribution is 2.37. The van der Waals surface area contributed by atoms with Crippen molar-refractivity contribution in [2.75, 3.05) is 50.8 Å². The Morgan fingerprint density at radius 3 is 2.53 bits per heavy atom. The summed E-state index contributed by atoms with van der Waals surface area (Å²) in [6.07, 6.45) is 9.86. The molecule has 2 aromatic heterocycles. The molecule has 0 atom stereocenters. The predicted octanol–water partition coefficient (Wildman–Crippen LogP) is 4.22. The maximum atomic E-state index is 15.6. The first-order valence-electron chi connectivity index (χ1n) is 17.3. The summed E-state index contributed by atoms with van der Waals surface area (Å²) in [5.41, 5.74) is 6.36. The number of amides is 1. The number of hydrogen-bond acceptors (Lipinski definition) is 7. The van der Waals surface area contributed by atoms with Crippen LogP contribution in [0, 0.1) is 5.82 Å². The van der Waals surface area contributed by atoms with Crippen molar-refractivity contribution in [3.8, 4) is 11.1 Å². The minimum atomic E-state index is -0.526. The third-order valence-electron chi connectivity index (χ3n) is 10.4. The van der Waals surface area contributed by atoms with E-state index in [9.17, 15) is 14.4 Å². The number of anilines is 1. The number of fused-ring (bicyclic) bond motifs is 3. The Kier molecular flexibility index (Phi) is 9.30. The summed E-state index contributed by atoms with van der Waals surface area (Å²) in [6.45, 7) is 11.1. The lowest BCUT2D eigenvalue weighted by atomic mass is 9.96. The first kappa shape index (κ1) is 33.0. The zero-order valence-electron chi connectivity index (χ0n) is 28.4. The summed E-state index contributed by atoms with van der Waals surface area (Å²) >= 11 is 0. The van der Waals surface area contributed by atoms with Gasteiger partial charge in [0.1, 0.15) is 18.1 Å². The lowest BCUT2D eigenvalue weighted by Crippen LogP contribution is -2.56. The lowest BCUT2D eigenvalue weighted by molar-refractivity contribution is -0.142. The van der Waals surface area contributed by atoms with Crippen LogP contribution in [0.15, 0.2) is 59.7 Å². The van der Waals surface area contributed by atoms with Gasteiger partial charge in [0, 0.05) is 88.4 Å². The minimum Gasteiger partial charge on any atom is -0.461 e. The number of carbonyl (C=O) groups excluding carboxylic acids is 2. The number of ether oxygens (including phenoxy) is 2. The number of allylic oxidation sites excluding steroid dienone is 3. The van der Waals surface area contributed by atoms with Crippen molar-refractivity contribution in [3.05, 3.63) is 99.1 Å². The molecule has 4 aliphatic rings. The van der Waals surface area contributed by atoms with E-state index in [1.807, 2.05) is 12.1 Å². The predicted molar refractivity (Wildman–Crippen MR) is 185 cm³/mol. The third-order valence-corrected chi connectivity index (χ3v) is 10.4. The van der Waals surface area contributed by atoms with E-state index in [4.69, 9.17) is 9.47 Å². The van der Waals surface area contributed by atoms with Crippen LogP contribution in [0.5, 0.6) is 0 Å². The zero-order chi connectivity index (χ0) is 34.2. The Balaban J connectivity index is 1.24. The van der Waals surface area contributed by atoms with E-state index in [0.29, 0.717) is 59.2 Å². The molecule has 2 saturated heterocycles. The van der Waals surface area contributed by atoms with E-state index in [1.54, 1.807) is 30.3 Å². The molecule has 0 spiro atoms. The fraction of sp³-hybridized carbons (Fsp3) is 0.447. The largest absolute Gasteiger partial charge is 0.461 e. The van der Waals surface area contributed by atoms with Gasteiger partial charge in [-0.25, -0.2) is 4.39 Å². The summed E-state index contributed by atoms with van der Waals surface area (Å²) < 4.78 is 30.2. The van der Waals surface area contributed by atoms with Gasteiger partial charge in [-0.2, -0.15) is 0 Å². The number of esters is 1. The molecule has 0 bridgehead atoms. The summed E-state index contributed by atoms with van der Waals surface area (Å²) in [5.74, 6) is -1.22. The number of aromatic nitrogens is 2. The third kappa shape index (κ3) is 6.49. The molecule has 0 radical (unpaired) electrons. The Morgan fingerprint density at radius 1 is 1.04 bits per heavy atom. The number of benzene rings is 1. The van der Waals surface area contributed by atoms with Crippen LogP contribution in [-0.4, -0.2) is 82.8 Å². The standard InChI is InChI=1S/C38H44FN5O5/c1-4-7-30(41-10-12-42(13-11-41)31-22-48-23-31)17-27-16-28(21-40(3)37(27)46)32-19-29(39)20-35(33(32)24-49-25(2)45)44-15-14-43-34-9-6-5-8-26(34)18-36(43)38(44)47/h4,7,16,18-21,31H,1,5-6,8-15,17,22-24H2,2-3H3/b30-7+. The highest BCUT2D eigenvalue weighted by molar-refractivity contribution is 6.07.